The number of hydrogen-bond donors (Lipinski definition) is 1. The Morgan fingerprint density at radius 1 is 1.11 bits per heavy atom. The third-order valence-corrected chi connectivity index (χ3v) is 4.84. The van der Waals surface area contributed by atoms with Gasteiger partial charge in [0.05, 0.1) is 6.54 Å². The zero-order chi connectivity index (χ0) is 19.2. The number of carbonyl (C=O) groups is 2. The number of amides is 2. The lowest BCUT2D eigenvalue weighted by Gasteiger charge is -2.26. The summed E-state index contributed by atoms with van der Waals surface area (Å²) in [5, 5.41) is 2.96. The van der Waals surface area contributed by atoms with Crippen LogP contribution in [-0.2, 0) is 16.1 Å². The van der Waals surface area contributed by atoms with Crippen LogP contribution in [0.25, 0.3) is 0 Å². The predicted octanol–water partition coefficient (Wildman–Crippen LogP) is 3.66. The summed E-state index contributed by atoms with van der Waals surface area (Å²) in [6.45, 7) is 6.03. The summed E-state index contributed by atoms with van der Waals surface area (Å²) in [5.74, 6) is 0.130. The molecule has 3 rings (SSSR count). The minimum atomic E-state index is -0.0374. The minimum absolute atomic E-state index is 0.0374. The lowest BCUT2D eigenvalue weighted by Crippen LogP contribution is -2.37. The Morgan fingerprint density at radius 3 is 2.41 bits per heavy atom. The van der Waals surface area contributed by atoms with Crippen molar-refractivity contribution in [1.29, 1.82) is 0 Å². The molecule has 1 aliphatic rings. The first kappa shape index (κ1) is 19.1. The average molecular weight is 365 g/mol. The third-order valence-electron chi connectivity index (χ3n) is 4.84. The number of nitrogens with zero attached hydrogens (tertiary/aromatic N) is 2. The number of benzene rings is 2. The fraction of sp³-hybridized carbons (Fsp3) is 0.364. The molecule has 0 spiro atoms. The van der Waals surface area contributed by atoms with Gasteiger partial charge in [0.1, 0.15) is 0 Å². The molecule has 0 saturated carbocycles. The van der Waals surface area contributed by atoms with Crippen LogP contribution in [-0.4, -0.2) is 35.8 Å². The highest BCUT2D eigenvalue weighted by atomic mass is 16.2. The van der Waals surface area contributed by atoms with Crippen molar-refractivity contribution in [2.24, 2.45) is 0 Å². The van der Waals surface area contributed by atoms with Crippen molar-refractivity contribution < 1.29 is 9.59 Å². The second kappa shape index (κ2) is 8.82. The van der Waals surface area contributed by atoms with Gasteiger partial charge < -0.3 is 10.2 Å². The first-order valence-electron chi connectivity index (χ1n) is 9.51. The van der Waals surface area contributed by atoms with Gasteiger partial charge in [-0.3, -0.25) is 14.5 Å². The highest BCUT2D eigenvalue weighted by Crippen LogP contribution is 2.23. The van der Waals surface area contributed by atoms with Gasteiger partial charge in [-0.05, 0) is 50.1 Å². The molecule has 1 N–H and O–H groups in total. The van der Waals surface area contributed by atoms with Gasteiger partial charge in [0.2, 0.25) is 11.8 Å². The normalized spacial score (nSPS) is 14.2. The molecule has 2 aromatic carbocycles. The van der Waals surface area contributed by atoms with Gasteiger partial charge in [0.25, 0.3) is 0 Å². The molecule has 27 heavy (non-hydrogen) atoms. The van der Waals surface area contributed by atoms with E-state index < -0.39 is 0 Å². The maximum absolute atomic E-state index is 12.5. The summed E-state index contributed by atoms with van der Waals surface area (Å²) in [7, 11) is 0. The van der Waals surface area contributed by atoms with Crippen molar-refractivity contribution in [3.05, 3.63) is 60.2 Å². The highest BCUT2D eigenvalue weighted by Gasteiger charge is 2.21. The Balaban J connectivity index is 1.58. The molecule has 0 aromatic heterocycles. The summed E-state index contributed by atoms with van der Waals surface area (Å²) in [6, 6.07) is 17.9. The molecular weight excluding hydrogens is 338 g/mol. The summed E-state index contributed by atoms with van der Waals surface area (Å²) in [4.78, 5) is 28.3. The Bertz CT molecular complexity index is 772. The van der Waals surface area contributed by atoms with Gasteiger partial charge in [-0.2, -0.15) is 0 Å². The van der Waals surface area contributed by atoms with Gasteiger partial charge in [-0.15, -0.1) is 0 Å². The van der Waals surface area contributed by atoms with E-state index in [0.717, 1.165) is 30.9 Å². The van der Waals surface area contributed by atoms with Crippen LogP contribution in [0.2, 0.25) is 0 Å². The first-order chi connectivity index (χ1) is 13.0. The number of hydrogen-bond acceptors (Lipinski definition) is 3. The molecule has 5 heteroatoms. The molecule has 1 heterocycles. The average Bonchev–Trinajstić information content (AvgIpc) is 3.08. The topological polar surface area (TPSA) is 52.7 Å². The van der Waals surface area contributed by atoms with Crippen LogP contribution in [0, 0.1) is 0 Å². The van der Waals surface area contributed by atoms with Gasteiger partial charge in [-0.1, -0.05) is 30.3 Å². The molecule has 0 radical (unpaired) electrons. The standard InChI is InChI=1S/C22H27N3O2/c1-17(2)24(15-18-7-4-3-5-8-18)16-21(26)23-19-10-12-20(13-11-19)25-14-6-9-22(25)27/h3-5,7-8,10-13,17H,6,9,14-16H2,1-2H3,(H,23,26). The van der Waals surface area contributed by atoms with E-state index in [1.54, 1.807) is 4.90 Å². The number of rotatable bonds is 7. The van der Waals surface area contributed by atoms with E-state index in [1.807, 2.05) is 42.5 Å². The van der Waals surface area contributed by atoms with Crippen LogP contribution < -0.4 is 10.2 Å². The SMILES string of the molecule is CC(C)N(CC(=O)Nc1ccc(N2CCCC2=O)cc1)Cc1ccccc1. The fourth-order valence-electron chi connectivity index (χ4n) is 3.27. The largest absolute Gasteiger partial charge is 0.325 e. The van der Waals surface area contributed by atoms with Crippen molar-refractivity contribution >= 4 is 23.2 Å². The van der Waals surface area contributed by atoms with Gasteiger partial charge in [0.15, 0.2) is 0 Å². The maximum atomic E-state index is 12.5. The molecule has 0 unspecified atom stereocenters. The van der Waals surface area contributed by atoms with Crippen molar-refractivity contribution in [1.82, 2.24) is 4.90 Å². The second-order valence-corrected chi connectivity index (χ2v) is 7.23. The van der Waals surface area contributed by atoms with E-state index in [1.165, 1.54) is 5.56 Å². The van der Waals surface area contributed by atoms with E-state index in [2.05, 4.69) is 36.2 Å². The summed E-state index contributed by atoms with van der Waals surface area (Å²) in [6.07, 6.45) is 1.52. The monoisotopic (exact) mass is 365 g/mol. The van der Waals surface area contributed by atoms with Crippen LogP contribution in [0.3, 0.4) is 0 Å². The Labute approximate surface area is 161 Å². The molecule has 142 valence electrons. The molecule has 1 saturated heterocycles. The molecule has 2 amide bonds. The second-order valence-electron chi connectivity index (χ2n) is 7.23. The van der Waals surface area contributed by atoms with E-state index in [4.69, 9.17) is 0 Å². The lowest BCUT2D eigenvalue weighted by atomic mass is 10.2. The van der Waals surface area contributed by atoms with E-state index >= 15 is 0 Å². The Morgan fingerprint density at radius 2 is 1.81 bits per heavy atom. The van der Waals surface area contributed by atoms with E-state index in [0.29, 0.717) is 13.0 Å². The number of nitrogens with one attached hydrogen (secondary N) is 1. The Hall–Kier alpha value is -2.66. The number of carbonyl (C=O) groups excluding carboxylic acids is 2. The summed E-state index contributed by atoms with van der Waals surface area (Å²) < 4.78 is 0. The van der Waals surface area contributed by atoms with Gasteiger partial charge in [0, 0.05) is 36.9 Å². The van der Waals surface area contributed by atoms with E-state index in [-0.39, 0.29) is 17.9 Å². The van der Waals surface area contributed by atoms with Crippen LogP contribution in [0.1, 0.15) is 32.3 Å². The van der Waals surface area contributed by atoms with Crippen molar-refractivity contribution in [2.75, 3.05) is 23.3 Å². The zero-order valence-electron chi connectivity index (χ0n) is 16.0. The molecular formula is C22H27N3O2. The van der Waals surface area contributed by atoms with Crippen LogP contribution in [0.5, 0.6) is 0 Å². The van der Waals surface area contributed by atoms with Crippen molar-refractivity contribution in [2.45, 2.75) is 39.3 Å². The predicted molar refractivity (Wildman–Crippen MR) is 109 cm³/mol. The molecule has 2 aromatic rings. The highest BCUT2D eigenvalue weighted by molar-refractivity contribution is 5.96. The smallest absolute Gasteiger partial charge is 0.238 e. The van der Waals surface area contributed by atoms with Gasteiger partial charge >= 0.3 is 0 Å². The van der Waals surface area contributed by atoms with Crippen molar-refractivity contribution in [3.63, 3.8) is 0 Å². The molecule has 1 aliphatic heterocycles. The van der Waals surface area contributed by atoms with Crippen molar-refractivity contribution in [3.8, 4) is 0 Å². The maximum Gasteiger partial charge on any atom is 0.238 e. The molecule has 5 nitrogen and oxygen atoms in total. The van der Waals surface area contributed by atoms with Crippen LogP contribution in [0.4, 0.5) is 11.4 Å². The molecule has 0 atom stereocenters. The van der Waals surface area contributed by atoms with E-state index in [9.17, 15) is 9.59 Å². The number of anilines is 2. The summed E-state index contributed by atoms with van der Waals surface area (Å²) >= 11 is 0. The Kier molecular flexibility index (Phi) is 6.24. The minimum Gasteiger partial charge on any atom is -0.325 e. The molecule has 0 bridgehead atoms. The van der Waals surface area contributed by atoms with Gasteiger partial charge in [-0.25, -0.2) is 0 Å². The molecule has 1 fully saturated rings. The molecule has 0 aliphatic carbocycles. The lowest BCUT2D eigenvalue weighted by molar-refractivity contribution is -0.118. The third kappa shape index (κ3) is 5.17. The summed E-state index contributed by atoms with van der Waals surface area (Å²) in [5.41, 5.74) is 2.83. The quantitative estimate of drug-likeness (QED) is 0.815. The van der Waals surface area contributed by atoms with Crippen LogP contribution >= 0.6 is 0 Å². The fourth-order valence-corrected chi connectivity index (χ4v) is 3.27. The zero-order valence-corrected chi connectivity index (χ0v) is 16.0. The first-order valence-corrected chi connectivity index (χ1v) is 9.51. The van der Waals surface area contributed by atoms with Crippen LogP contribution in [0.15, 0.2) is 54.6 Å².